The quantitative estimate of drug-likeness (QED) is 0.662. The molecule has 2 aromatic rings. The molecule has 3 N–H and O–H groups in total. The lowest BCUT2D eigenvalue weighted by Crippen LogP contribution is -2.31. The first-order chi connectivity index (χ1) is 13.3. The largest absolute Gasteiger partial charge is 0.491 e. The van der Waals surface area contributed by atoms with Gasteiger partial charge in [0.1, 0.15) is 5.75 Å². The molecule has 0 fully saturated rings. The molecule has 0 aliphatic rings. The number of aryl methyl sites for hydroxylation is 1. The molecule has 0 radical (unpaired) electrons. The number of hydrogen-bond acceptors (Lipinski definition) is 3. The molecule has 28 heavy (non-hydrogen) atoms. The molecule has 6 nitrogen and oxygen atoms in total. The molecule has 0 heterocycles. The predicted octanol–water partition coefficient (Wildman–Crippen LogP) is 4.41. The van der Waals surface area contributed by atoms with E-state index < -0.39 is 0 Å². The van der Waals surface area contributed by atoms with E-state index in [2.05, 4.69) is 16.0 Å². The molecule has 1 atom stereocenters. The van der Waals surface area contributed by atoms with Crippen molar-refractivity contribution in [1.82, 2.24) is 10.6 Å². The normalized spacial score (nSPS) is 11.6. The van der Waals surface area contributed by atoms with Crippen LogP contribution in [0.1, 0.15) is 55.2 Å². The van der Waals surface area contributed by atoms with Crippen LogP contribution in [0.25, 0.3) is 0 Å². The van der Waals surface area contributed by atoms with Gasteiger partial charge in [0.05, 0.1) is 12.1 Å². The average Bonchev–Trinajstić information content (AvgIpc) is 2.63. The minimum absolute atomic E-state index is 0.0852. The fraction of sp³-hybridized carbons (Fsp3) is 0.364. The molecule has 0 aliphatic carbocycles. The summed E-state index contributed by atoms with van der Waals surface area (Å²) in [6.07, 6.45) is 0.0852. The highest BCUT2D eigenvalue weighted by molar-refractivity contribution is 5.97. The predicted molar refractivity (Wildman–Crippen MR) is 112 cm³/mol. The van der Waals surface area contributed by atoms with Crippen LogP contribution in [0, 0.1) is 6.92 Å². The van der Waals surface area contributed by atoms with Gasteiger partial charge in [0, 0.05) is 17.8 Å². The Hall–Kier alpha value is -3.02. The lowest BCUT2D eigenvalue weighted by atomic mass is 10.1. The van der Waals surface area contributed by atoms with Crippen LogP contribution in [0.15, 0.2) is 42.5 Å². The lowest BCUT2D eigenvalue weighted by molar-refractivity contribution is 0.0956. The second kappa shape index (κ2) is 9.78. The number of nitrogens with one attached hydrogen (secondary N) is 3. The third kappa shape index (κ3) is 6.01. The van der Waals surface area contributed by atoms with E-state index in [1.165, 1.54) is 0 Å². The van der Waals surface area contributed by atoms with Gasteiger partial charge in [-0.3, -0.25) is 4.79 Å². The van der Waals surface area contributed by atoms with Crippen molar-refractivity contribution in [1.29, 1.82) is 0 Å². The number of carbonyl (C=O) groups excluding carboxylic acids is 2. The van der Waals surface area contributed by atoms with E-state index in [-0.39, 0.29) is 24.1 Å². The van der Waals surface area contributed by atoms with Gasteiger partial charge in [0.15, 0.2) is 0 Å². The molecule has 0 spiro atoms. The maximum absolute atomic E-state index is 12.5. The summed E-state index contributed by atoms with van der Waals surface area (Å²) >= 11 is 0. The van der Waals surface area contributed by atoms with Crippen LogP contribution in [0.3, 0.4) is 0 Å². The molecule has 150 valence electrons. The van der Waals surface area contributed by atoms with Crippen LogP contribution < -0.4 is 20.7 Å². The molecule has 2 rings (SSSR count). The van der Waals surface area contributed by atoms with E-state index in [1.54, 1.807) is 12.1 Å². The Kier molecular flexibility index (Phi) is 7.44. The van der Waals surface area contributed by atoms with Crippen molar-refractivity contribution in [3.8, 4) is 5.75 Å². The SMILES string of the molecule is CCNC(=O)c1ccc(C)c(NC(=O)NC(C)c2cccc(OC(C)C)c2)c1. The number of urea groups is 1. The first kappa shape index (κ1) is 21.3. The molecule has 0 aliphatic heterocycles. The van der Waals surface area contributed by atoms with E-state index in [4.69, 9.17) is 4.74 Å². The van der Waals surface area contributed by atoms with Crippen molar-refractivity contribution in [2.75, 3.05) is 11.9 Å². The number of hydrogen-bond donors (Lipinski definition) is 3. The monoisotopic (exact) mass is 383 g/mol. The second-order valence-electron chi connectivity index (χ2n) is 6.95. The summed E-state index contributed by atoms with van der Waals surface area (Å²) in [6, 6.07) is 12.4. The van der Waals surface area contributed by atoms with Crippen molar-refractivity contribution in [2.45, 2.75) is 46.8 Å². The van der Waals surface area contributed by atoms with Crippen molar-refractivity contribution in [3.05, 3.63) is 59.2 Å². The van der Waals surface area contributed by atoms with Crippen LogP contribution in [0.4, 0.5) is 10.5 Å². The lowest BCUT2D eigenvalue weighted by Gasteiger charge is -2.18. The Labute approximate surface area is 166 Å². The van der Waals surface area contributed by atoms with Gasteiger partial charge in [0.25, 0.3) is 5.91 Å². The van der Waals surface area contributed by atoms with Gasteiger partial charge in [-0.2, -0.15) is 0 Å². The van der Waals surface area contributed by atoms with E-state index in [0.717, 1.165) is 16.9 Å². The Morgan fingerprint density at radius 3 is 2.50 bits per heavy atom. The Balaban J connectivity index is 2.05. The van der Waals surface area contributed by atoms with Crippen molar-refractivity contribution >= 4 is 17.6 Å². The average molecular weight is 383 g/mol. The van der Waals surface area contributed by atoms with Gasteiger partial charge in [-0.15, -0.1) is 0 Å². The first-order valence-corrected chi connectivity index (χ1v) is 9.53. The molecule has 2 aromatic carbocycles. The molecular formula is C22H29N3O3. The summed E-state index contributed by atoms with van der Waals surface area (Å²) in [4.78, 5) is 24.5. The van der Waals surface area contributed by atoms with Crippen LogP contribution in [-0.2, 0) is 0 Å². The van der Waals surface area contributed by atoms with E-state index >= 15 is 0 Å². The number of benzene rings is 2. The molecule has 0 aromatic heterocycles. The highest BCUT2D eigenvalue weighted by atomic mass is 16.5. The molecular weight excluding hydrogens is 354 g/mol. The van der Waals surface area contributed by atoms with Crippen LogP contribution >= 0.6 is 0 Å². The van der Waals surface area contributed by atoms with Crippen molar-refractivity contribution in [3.63, 3.8) is 0 Å². The molecule has 0 saturated heterocycles. The maximum Gasteiger partial charge on any atom is 0.319 e. The summed E-state index contributed by atoms with van der Waals surface area (Å²) in [5, 5.41) is 8.51. The topological polar surface area (TPSA) is 79.5 Å². The molecule has 1 unspecified atom stereocenters. The summed E-state index contributed by atoms with van der Waals surface area (Å²) < 4.78 is 5.71. The molecule has 6 heteroatoms. The van der Waals surface area contributed by atoms with Crippen LogP contribution in [-0.4, -0.2) is 24.6 Å². The third-order valence-electron chi connectivity index (χ3n) is 4.16. The van der Waals surface area contributed by atoms with Crippen LogP contribution in [0.5, 0.6) is 5.75 Å². The van der Waals surface area contributed by atoms with Gasteiger partial charge < -0.3 is 20.7 Å². The third-order valence-corrected chi connectivity index (χ3v) is 4.16. The number of carbonyl (C=O) groups is 2. The van der Waals surface area contributed by atoms with Crippen LogP contribution in [0.2, 0.25) is 0 Å². The Morgan fingerprint density at radius 1 is 1.07 bits per heavy atom. The standard InChI is InChI=1S/C22H29N3O3/c1-6-23-21(26)18-11-10-15(4)20(13-18)25-22(27)24-16(5)17-8-7-9-19(12-17)28-14(2)3/h7-14,16H,6H2,1-5H3,(H,23,26)(H2,24,25,27). The fourth-order valence-electron chi connectivity index (χ4n) is 2.73. The smallest absolute Gasteiger partial charge is 0.319 e. The highest BCUT2D eigenvalue weighted by Gasteiger charge is 2.13. The van der Waals surface area contributed by atoms with Crippen molar-refractivity contribution in [2.24, 2.45) is 0 Å². The maximum atomic E-state index is 12.5. The Bertz CT molecular complexity index is 834. The minimum atomic E-state index is -0.334. The zero-order valence-electron chi connectivity index (χ0n) is 17.1. The zero-order chi connectivity index (χ0) is 20.7. The number of amides is 3. The molecule has 0 saturated carbocycles. The molecule has 3 amide bonds. The first-order valence-electron chi connectivity index (χ1n) is 9.53. The molecule has 0 bridgehead atoms. The number of ether oxygens (including phenoxy) is 1. The van der Waals surface area contributed by atoms with Gasteiger partial charge in [0.2, 0.25) is 0 Å². The van der Waals surface area contributed by atoms with Crippen molar-refractivity contribution < 1.29 is 14.3 Å². The summed E-state index contributed by atoms with van der Waals surface area (Å²) in [5.41, 5.74) is 2.93. The van der Waals surface area contributed by atoms with Gasteiger partial charge in [-0.05, 0) is 70.0 Å². The van der Waals surface area contributed by atoms with Gasteiger partial charge in [-0.25, -0.2) is 4.79 Å². The van der Waals surface area contributed by atoms with E-state index in [9.17, 15) is 9.59 Å². The summed E-state index contributed by atoms with van der Waals surface area (Å²) in [5.74, 6) is 0.605. The zero-order valence-corrected chi connectivity index (χ0v) is 17.1. The number of anilines is 1. The Morgan fingerprint density at radius 2 is 1.82 bits per heavy atom. The summed E-state index contributed by atoms with van der Waals surface area (Å²) in [6.45, 7) is 10.1. The number of rotatable bonds is 7. The van der Waals surface area contributed by atoms with E-state index in [0.29, 0.717) is 17.8 Å². The second-order valence-corrected chi connectivity index (χ2v) is 6.95. The van der Waals surface area contributed by atoms with Gasteiger partial charge >= 0.3 is 6.03 Å². The fourth-order valence-corrected chi connectivity index (χ4v) is 2.73. The highest BCUT2D eigenvalue weighted by Crippen LogP contribution is 2.21. The minimum Gasteiger partial charge on any atom is -0.491 e. The summed E-state index contributed by atoms with van der Waals surface area (Å²) in [7, 11) is 0. The van der Waals surface area contributed by atoms with E-state index in [1.807, 2.05) is 65.0 Å². The van der Waals surface area contributed by atoms with Gasteiger partial charge in [-0.1, -0.05) is 18.2 Å².